The Labute approximate surface area is 132 Å². The van der Waals surface area contributed by atoms with Crippen LogP contribution in [-0.4, -0.2) is 49.4 Å². The first-order valence-corrected chi connectivity index (χ1v) is 8.85. The number of hydrogen-bond acceptors (Lipinski definition) is 5. The maximum atomic E-state index is 9.68. The van der Waals surface area contributed by atoms with E-state index in [1.807, 2.05) is 0 Å². The molecule has 1 aromatic heterocycles. The van der Waals surface area contributed by atoms with Crippen LogP contribution in [0.1, 0.15) is 76.7 Å². The van der Waals surface area contributed by atoms with Gasteiger partial charge >= 0.3 is 0 Å². The Morgan fingerprint density at radius 2 is 1.91 bits per heavy atom. The quantitative estimate of drug-likeness (QED) is 0.904. The zero-order chi connectivity index (χ0) is 15.5. The third-order valence-electron chi connectivity index (χ3n) is 5.17. The van der Waals surface area contributed by atoms with E-state index in [1.54, 1.807) is 0 Å². The first-order valence-electron chi connectivity index (χ1n) is 8.85. The van der Waals surface area contributed by atoms with E-state index in [9.17, 15) is 5.11 Å². The molecule has 1 aromatic rings. The minimum Gasteiger partial charge on any atom is -0.395 e. The molecule has 0 bridgehead atoms. The van der Waals surface area contributed by atoms with Crippen molar-refractivity contribution in [3.63, 3.8) is 0 Å². The van der Waals surface area contributed by atoms with Crippen molar-refractivity contribution in [1.29, 1.82) is 0 Å². The fraction of sp³-hybridized carbons (Fsp3) is 0.938. The number of aromatic nitrogens is 4. The van der Waals surface area contributed by atoms with Gasteiger partial charge in [0.15, 0.2) is 5.82 Å². The number of rotatable bonds is 5. The van der Waals surface area contributed by atoms with Crippen molar-refractivity contribution >= 4 is 0 Å². The van der Waals surface area contributed by atoms with Crippen molar-refractivity contribution in [2.75, 3.05) is 13.2 Å². The maximum absolute atomic E-state index is 9.68. The standard InChI is InChI=1S/C16H29N5O/c1-12(2)10-20-14(11-22)8-9-15(20)16-17-18-19-21(16)13-6-4-3-5-7-13/h12-15,22H,3-11H2,1-2H3/t14-,15-/m0/s1. The molecular formula is C16H29N5O. The summed E-state index contributed by atoms with van der Waals surface area (Å²) in [6.07, 6.45) is 8.36. The molecule has 1 aliphatic heterocycles. The number of nitrogens with zero attached hydrogens (tertiary/aromatic N) is 5. The van der Waals surface area contributed by atoms with Crippen LogP contribution in [0.25, 0.3) is 0 Å². The molecule has 1 saturated carbocycles. The third kappa shape index (κ3) is 3.18. The van der Waals surface area contributed by atoms with Crippen LogP contribution in [0.15, 0.2) is 0 Å². The van der Waals surface area contributed by atoms with Gasteiger partial charge in [0.1, 0.15) is 0 Å². The van der Waals surface area contributed by atoms with Gasteiger partial charge in [-0.25, -0.2) is 4.68 Å². The van der Waals surface area contributed by atoms with Gasteiger partial charge in [0.2, 0.25) is 0 Å². The van der Waals surface area contributed by atoms with E-state index >= 15 is 0 Å². The summed E-state index contributed by atoms with van der Waals surface area (Å²) in [6.45, 7) is 5.68. The second-order valence-corrected chi connectivity index (χ2v) is 7.29. The Hall–Kier alpha value is -1.01. The highest BCUT2D eigenvalue weighted by Crippen LogP contribution is 2.37. The molecular weight excluding hydrogens is 278 g/mol. The zero-order valence-corrected chi connectivity index (χ0v) is 13.9. The fourth-order valence-electron chi connectivity index (χ4n) is 4.11. The molecule has 0 radical (unpaired) electrons. The lowest BCUT2D eigenvalue weighted by atomic mass is 9.95. The van der Waals surface area contributed by atoms with E-state index in [-0.39, 0.29) is 18.7 Å². The molecule has 2 fully saturated rings. The fourth-order valence-corrected chi connectivity index (χ4v) is 4.11. The summed E-state index contributed by atoms with van der Waals surface area (Å²) in [6, 6.07) is 0.980. The monoisotopic (exact) mass is 307 g/mol. The van der Waals surface area contributed by atoms with E-state index in [4.69, 9.17) is 0 Å². The van der Waals surface area contributed by atoms with E-state index in [0.717, 1.165) is 25.2 Å². The predicted octanol–water partition coefficient (Wildman–Crippen LogP) is 2.33. The van der Waals surface area contributed by atoms with Gasteiger partial charge in [0.25, 0.3) is 0 Å². The SMILES string of the molecule is CC(C)CN1[C@H](CO)CC[C@H]1c1nnnn1C1CCCCC1. The topological polar surface area (TPSA) is 67.1 Å². The minimum absolute atomic E-state index is 0.230. The molecule has 0 unspecified atom stereocenters. The second kappa shape index (κ2) is 7.04. The highest BCUT2D eigenvalue weighted by Gasteiger charge is 2.38. The van der Waals surface area contributed by atoms with Gasteiger partial charge in [-0.2, -0.15) is 0 Å². The van der Waals surface area contributed by atoms with Crippen LogP contribution in [0.2, 0.25) is 0 Å². The lowest BCUT2D eigenvalue weighted by Gasteiger charge is -2.31. The number of hydrogen-bond donors (Lipinski definition) is 1. The van der Waals surface area contributed by atoms with Crippen LogP contribution in [0, 0.1) is 5.92 Å². The number of likely N-dealkylation sites (tertiary alicyclic amines) is 1. The molecule has 6 nitrogen and oxygen atoms in total. The van der Waals surface area contributed by atoms with Crippen molar-refractivity contribution in [3.8, 4) is 0 Å². The van der Waals surface area contributed by atoms with Crippen molar-refractivity contribution in [2.24, 2.45) is 5.92 Å². The first kappa shape index (κ1) is 15.9. The van der Waals surface area contributed by atoms with Gasteiger partial charge < -0.3 is 5.11 Å². The van der Waals surface area contributed by atoms with Crippen molar-refractivity contribution in [3.05, 3.63) is 5.82 Å². The van der Waals surface area contributed by atoms with Crippen LogP contribution < -0.4 is 0 Å². The summed E-state index contributed by atoms with van der Waals surface area (Å²) in [7, 11) is 0. The number of tetrazole rings is 1. The highest BCUT2D eigenvalue weighted by atomic mass is 16.3. The predicted molar refractivity (Wildman–Crippen MR) is 84.3 cm³/mol. The molecule has 1 saturated heterocycles. The molecule has 0 spiro atoms. The van der Waals surface area contributed by atoms with E-state index in [0.29, 0.717) is 12.0 Å². The molecule has 124 valence electrons. The Morgan fingerprint density at radius 1 is 1.14 bits per heavy atom. The van der Waals surface area contributed by atoms with Gasteiger partial charge in [-0.1, -0.05) is 33.1 Å². The molecule has 2 aliphatic rings. The van der Waals surface area contributed by atoms with Crippen molar-refractivity contribution in [1.82, 2.24) is 25.1 Å². The van der Waals surface area contributed by atoms with Crippen LogP contribution in [0.4, 0.5) is 0 Å². The second-order valence-electron chi connectivity index (χ2n) is 7.29. The first-order chi connectivity index (χ1) is 10.7. The van der Waals surface area contributed by atoms with Crippen molar-refractivity contribution in [2.45, 2.75) is 76.9 Å². The van der Waals surface area contributed by atoms with Gasteiger partial charge in [0.05, 0.1) is 18.7 Å². The van der Waals surface area contributed by atoms with E-state index in [2.05, 4.69) is 39.0 Å². The van der Waals surface area contributed by atoms with Crippen LogP contribution in [0.5, 0.6) is 0 Å². The molecule has 2 heterocycles. The summed E-state index contributed by atoms with van der Waals surface area (Å²) in [4.78, 5) is 2.43. The van der Waals surface area contributed by atoms with Crippen molar-refractivity contribution < 1.29 is 5.11 Å². The third-order valence-corrected chi connectivity index (χ3v) is 5.17. The average molecular weight is 307 g/mol. The molecule has 3 rings (SSSR count). The average Bonchev–Trinajstić information content (AvgIpc) is 3.13. The Balaban J connectivity index is 1.81. The number of aliphatic hydroxyl groups excluding tert-OH is 1. The Morgan fingerprint density at radius 3 is 2.59 bits per heavy atom. The number of aliphatic hydroxyl groups is 1. The van der Waals surface area contributed by atoms with Gasteiger partial charge in [-0.3, -0.25) is 4.90 Å². The molecule has 1 aliphatic carbocycles. The maximum Gasteiger partial charge on any atom is 0.168 e. The van der Waals surface area contributed by atoms with Gasteiger partial charge in [-0.15, -0.1) is 5.10 Å². The molecule has 0 aromatic carbocycles. The lowest BCUT2D eigenvalue weighted by molar-refractivity contribution is 0.110. The summed E-state index contributed by atoms with van der Waals surface area (Å²) in [5.74, 6) is 1.59. The lowest BCUT2D eigenvalue weighted by Crippen LogP contribution is -2.38. The zero-order valence-electron chi connectivity index (χ0n) is 13.9. The van der Waals surface area contributed by atoms with E-state index in [1.165, 1.54) is 32.1 Å². The van der Waals surface area contributed by atoms with E-state index < -0.39 is 0 Å². The largest absolute Gasteiger partial charge is 0.395 e. The molecule has 2 atom stereocenters. The molecule has 22 heavy (non-hydrogen) atoms. The van der Waals surface area contributed by atoms with Crippen LogP contribution >= 0.6 is 0 Å². The molecule has 6 heteroatoms. The Bertz CT molecular complexity index is 469. The summed E-state index contributed by atoms with van der Waals surface area (Å²) in [5, 5.41) is 22.4. The smallest absolute Gasteiger partial charge is 0.168 e. The minimum atomic E-state index is 0.230. The van der Waals surface area contributed by atoms with Gasteiger partial charge in [-0.05, 0) is 42.0 Å². The Kier molecular flexibility index (Phi) is 5.08. The van der Waals surface area contributed by atoms with Gasteiger partial charge in [0, 0.05) is 12.6 Å². The highest BCUT2D eigenvalue weighted by molar-refractivity contribution is 5.01. The van der Waals surface area contributed by atoms with Crippen LogP contribution in [0.3, 0.4) is 0 Å². The normalized spacial score (nSPS) is 27.8. The summed E-state index contributed by atoms with van der Waals surface area (Å²) >= 11 is 0. The molecule has 1 N–H and O–H groups in total. The summed E-state index contributed by atoms with van der Waals surface area (Å²) < 4.78 is 2.09. The van der Waals surface area contributed by atoms with Crippen LogP contribution in [-0.2, 0) is 0 Å². The summed E-state index contributed by atoms with van der Waals surface area (Å²) in [5.41, 5.74) is 0. The molecule has 0 amide bonds.